The molecule has 1 aromatic carbocycles. The third-order valence-corrected chi connectivity index (χ3v) is 4.23. The van der Waals surface area contributed by atoms with Crippen LogP contribution >= 0.6 is 0 Å². The molecule has 0 saturated carbocycles. The fourth-order valence-electron chi connectivity index (χ4n) is 2.73. The molecule has 0 radical (unpaired) electrons. The van der Waals surface area contributed by atoms with Crippen molar-refractivity contribution in [2.24, 2.45) is 0 Å². The average Bonchev–Trinajstić information content (AvgIpc) is 3.30. The summed E-state index contributed by atoms with van der Waals surface area (Å²) in [6.07, 6.45) is 12.0. The highest BCUT2D eigenvalue weighted by Gasteiger charge is 2.02. The molecule has 0 aliphatic rings. The van der Waals surface area contributed by atoms with Gasteiger partial charge in [0.25, 0.3) is 0 Å². The number of rotatable bonds is 10. The number of unbranched alkanes of at least 4 members (excludes halogenated alkanes) is 4. The van der Waals surface area contributed by atoms with Crippen LogP contribution in [-0.4, -0.2) is 26.5 Å². The SMILES string of the molecule is Cc1nocc1CCCCCCCOc1ccc(-n2cncn2)cc1. The minimum atomic E-state index is 0.757. The monoisotopic (exact) mass is 340 g/mol. The second-order valence-electron chi connectivity index (χ2n) is 6.13. The fourth-order valence-corrected chi connectivity index (χ4v) is 2.73. The molecule has 0 spiro atoms. The summed E-state index contributed by atoms with van der Waals surface area (Å²) in [5, 5.41) is 8.01. The van der Waals surface area contributed by atoms with Gasteiger partial charge in [-0.2, -0.15) is 5.10 Å². The molecule has 3 rings (SSSR count). The van der Waals surface area contributed by atoms with E-state index >= 15 is 0 Å². The number of nitrogens with zero attached hydrogens (tertiary/aromatic N) is 4. The van der Waals surface area contributed by atoms with E-state index in [1.807, 2.05) is 31.2 Å². The lowest BCUT2D eigenvalue weighted by Crippen LogP contribution is -1.98. The molecule has 0 aliphatic carbocycles. The minimum Gasteiger partial charge on any atom is -0.494 e. The molecule has 2 heterocycles. The van der Waals surface area contributed by atoms with Gasteiger partial charge in [0.1, 0.15) is 24.7 Å². The Kier molecular flexibility index (Phi) is 6.20. The smallest absolute Gasteiger partial charge is 0.138 e. The van der Waals surface area contributed by atoms with E-state index in [1.165, 1.54) is 37.6 Å². The maximum absolute atomic E-state index is 5.79. The molecule has 0 unspecified atom stereocenters. The quantitative estimate of drug-likeness (QED) is 0.519. The van der Waals surface area contributed by atoms with Gasteiger partial charge in [-0.05, 0) is 50.5 Å². The van der Waals surface area contributed by atoms with Crippen LogP contribution in [0.3, 0.4) is 0 Å². The summed E-state index contributed by atoms with van der Waals surface area (Å²) in [5.74, 6) is 0.895. The van der Waals surface area contributed by atoms with Gasteiger partial charge < -0.3 is 9.26 Å². The Balaban J connectivity index is 1.25. The number of aryl methyl sites for hydroxylation is 2. The first-order valence-corrected chi connectivity index (χ1v) is 8.80. The van der Waals surface area contributed by atoms with Crippen LogP contribution in [0.2, 0.25) is 0 Å². The van der Waals surface area contributed by atoms with Gasteiger partial charge in [0.15, 0.2) is 0 Å². The van der Waals surface area contributed by atoms with Gasteiger partial charge in [0, 0.05) is 5.56 Å². The number of ether oxygens (including phenoxy) is 1. The summed E-state index contributed by atoms with van der Waals surface area (Å²) < 4.78 is 12.5. The van der Waals surface area contributed by atoms with E-state index in [0.29, 0.717) is 0 Å². The van der Waals surface area contributed by atoms with E-state index in [-0.39, 0.29) is 0 Å². The minimum absolute atomic E-state index is 0.757. The molecular weight excluding hydrogens is 316 g/mol. The van der Waals surface area contributed by atoms with Gasteiger partial charge in [-0.15, -0.1) is 0 Å². The van der Waals surface area contributed by atoms with Crippen molar-refractivity contribution >= 4 is 0 Å². The van der Waals surface area contributed by atoms with Crippen LogP contribution in [0.25, 0.3) is 5.69 Å². The fraction of sp³-hybridized carbons (Fsp3) is 0.421. The van der Waals surface area contributed by atoms with Crippen molar-refractivity contribution in [3.05, 3.63) is 54.4 Å². The van der Waals surface area contributed by atoms with Crippen molar-refractivity contribution in [3.8, 4) is 11.4 Å². The molecule has 132 valence electrons. The van der Waals surface area contributed by atoms with Crippen LogP contribution in [0.15, 0.2) is 47.7 Å². The van der Waals surface area contributed by atoms with E-state index in [0.717, 1.165) is 36.6 Å². The molecule has 0 fully saturated rings. The van der Waals surface area contributed by atoms with Gasteiger partial charge >= 0.3 is 0 Å². The Morgan fingerprint density at radius 1 is 1.04 bits per heavy atom. The molecule has 0 amide bonds. The van der Waals surface area contributed by atoms with Gasteiger partial charge in [-0.1, -0.05) is 24.4 Å². The Morgan fingerprint density at radius 2 is 1.84 bits per heavy atom. The van der Waals surface area contributed by atoms with Crippen LogP contribution in [0.1, 0.15) is 43.4 Å². The third-order valence-electron chi connectivity index (χ3n) is 4.23. The molecule has 6 heteroatoms. The van der Waals surface area contributed by atoms with E-state index in [2.05, 4.69) is 15.2 Å². The normalized spacial score (nSPS) is 10.9. The average molecular weight is 340 g/mol. The molecule has 0 bridgehead atoms. The van der Waals surface area contributed by atoms with E-state index in [4.69, 9.17) is 9.26 Å². The van der Waals surface area contributed by atoms with Crippen LogP contribution in [0.5, 0.6) is 5.75 Å². The Hall–Kier alpha value is -2.63. The lowest BCUT2D eigenvalue weighted by atomic mass is 10.1. The van der Waals surface area contributed by atoms with Crippen molar-refractivity contribution in [3.63, 3.8) is 0 Å². The van der Waals surface area contributed by atoms with Crippen LogP contribution < -0.4 is 4.74 Å². The summed E-state index contributed by atoms with van der Waals surface area (Å²) in [6, 6.07) is 7.91. The molecule has 0 atom stereocenters. The van der Waals surface area contributed by atoms with Gasteiger partial charge in [0.2, 0.25) is 0 Å². The van der Waals surface area contributed by atoms with Gasteiger partial charge in [-0.3, -0.25) is 0 Å². The Labute approximate surface area is 147 Å². The lowest BCUT2D eigenvalue weighted by molar-refractivity contribution is 0.304. The zero-order chi connectivity index (χ0) is 17.3. The Morgan fingerprint density at radius 3 is 2.56 bits per heavy atom. The molecule has 25 heavy (non-hydrogen) atoms. The highest BCUT2D eigenvalue weighted by molar-refractivity contribution is 5.36. The van der Waals surface area contributed by atoms with Gasteiger partial charge in [-0.25, -0.2) is 9.67 Å². The van der Waals surface area contributed by atoms with Crippen molar-refractivity contribution in [2.75, 3.05) is 6.61 Å². The molecule has 0 N–H and O–H groups in total. The summed E-state index contributed by atoms with van der Waals surface area (Å²) in [4.78, 5) is 3.94. The summed E-state index contributed by atoms with van der Waals surface area (Å²) in [6.45, 7) is 2.75. The highest BCUT2D eigenvalue weighted by atomic mass is 16.5. The van der Waals surface area contributed by atoms with Crippen LogP contribution in [0.4, 0.5) is 0 Å². The van der Waals surface area contributed by atoms with Crippen LogP contribution in [-0.2, 0) is 6.42 Å². The largest absolute Gasteiger partial charge is 0.494 e. The van der Waals surface area contributed by atoms with Crippen molar-refractivity contribution < 1.29 is 9.26 Å². The van der Waals surface area contributed by atoms with Gasteiger partial charge in [0.05, 0.1) is 18.0 Å². The second-order valence-corrected chi connectivity index (χ2v) is 6.13. The number of hydrogen-bond acceptors (Lipinski definition) is 5. The van der Waals surface area contributed by atoms with E-state index < -0.39 is 0 Å². The van der Waals surface area contributed by atoms with Crippen molar-refractivity contribution in [1.82, 2.24) is 19.9 Å². The first-order valence-electron chi connectivity index (χ1n) is 8.80. The summed E-state index contributed by atoms with van der Waals surface area (Å²) in [7, 11) is 0. The molecule has 2 aromatic heterocycles. The number of hydrogen-bond donors (Lipinski definition) is 0. The molecule has 0 saturated heterocycles. The zero-order valence-corrected chi connectivity index (χ0v) is 14.6. The van der Waals surface area contributed by atoms with Crippen molar-refractivity contribution in [1.29, 1.82) is 0 Å². The lowest BCUT2D eigenvalue weighted by Gasteiger charge is -2.07. The molecule has 6 nitrogen and oxygen atoms in total. The number of benzene rings is 1. The first kappa shape index (κ1) is 17.2. The first-order chi connectivity index (χ1) is 12.3. The zero-order valence-electron chi connectivity index (χ0n) is 14.6. The second kappa shape index (κ2) is 9.01. The highest BCUT2D eigenvalue weighted by Crippen LogP contribution is 2.15. The topological polar surface area (TPSA) is 66.0 Å². The number of aromatic nitrogens is 4. The Bertz CT molecular complexity index is 735. The van der Waals surface area contributed by atoms with E-state index in [1.54, 1.807) is 17.3 Å². The molecule has 0 aliphatic heterocycles. The standard InChI is InChI=1S/C19H24N4O2/c1-16-17(13-25-22-16)7-5-3-2-4-6-12-24-19-10-8-18(9-11-19)23-15-20-14-21-23/h8-11,13-15H,2-7,12H2,1H3. The molecular formula is C19H24N4O2. The summed E-state index contributed by atoms with van der Waals surface area (Å²) >= 11 is 0. The summed E-state index contributed by atoms with van der Waals surface area (Å²) in [5.41, 5.74) is 3.23. The van der Waals surface area contributed by atoms with Crippen molar-refractivity contribution in [2.45, 2.75) is 45.4 Å². The van der Waals surface area contributed by atoms with E-state index in [9.17, 15) is 0 Å². The predicted molar refractivity (Wildman–Crippen MR) is 94.9 cm³/mol. The maximum Gasteiger partial charge on any atom is 0.138 e. The van der Waals surface area contributed by atoms with Crippen LogP contribution in [0, 0.1) is 6.92 Å². The maximum atomic E-state index is 5.79. The third kappa shape index (κ3) is 5.17. The predicted octanol–water partition coefficient (Wildman–Crippen LogP) is 4.14. The molecule has 3 aromatic rings.